The SMILES string of the molecule is CCN(CC)c1nc(Cl)nc(Oc2cc(F)cc(Br)c2)n1. The van der Waals surface area contributed by atoms with Crippen LogP contribution in [-0.4, -0.2) is 28.0 Å². The van der Waals surface area contributed by atoms with Crippen LogP contribution in [0.5, 0.6) is 11.8 Å². The summed E-state index contributed by atoms with van der Waals surface area (Å²) in [4.78, 5) is 14.0. The number of ether oxygens (including phenoxy) is 1. The number of anilines is 1. The van der Waals surface area contributed by atoms with Crippen molar-refractivity contribution in [2.75, 3.05) is 18.0 Å². The van der Waals surface area contributed by atoms with E-state index in [0.717, 1.165) is 13.1 Å². The molecule has 2 rings (SSSR count). The lowest BCUT2D eigenvalue weighted by Gasteiger charge is -2.18. The van der Waals surface area contributed by atoms with E-state index in [1.807, 2.05) is 18.7 Å². The van der Waals surface area contributed by atoms with Crippen LogP contribution >= 0.6 is 27.5 Å². The molecule has 0 N–H and O–H groups in total. The highest BCUT2D eigenvalue weighted by Crippen LogP contribution is 2.25. The summed E-state index contributed by atoms with van der Waals surface area (Å²) in [6, 6.07) is 4.20. The van der Waals surface area contributed by atoms with Crippen molar-refractivity contribution in [3.8, 4) is 11.8 Å². The van der Waals surface area contributed by atoms with E-state index >= 15 is 0 Å². The van der Waals surface area contributed by atoms with Crippen LogP contribution in [0.4, 0.5) is 10.3 Å². The highest BCUT2D eigenvalue weighted by atomic mass is 79.9. The summed E-state index contributed by atoms with van der Waals surface area (Å²) in [7, 11) is 0. The van der Waals surface area contributed by atoms with Gasteiger partial charge < -0.3 is 9.64 Å². The Bertz CT molecular complexity index is 619. The van der Waals surface area contributed by atoms with Gasteiger partial charge in [-0.3, -0.25) is 0 Å². The van der Waals surface area contributed by atoms with Gasteiger partial charge in [-0.2, -0.15) is 15.0 Å². The summed E-state index contributed by atoms with van der Waals surface area (Å²) in [6.45, 7) is 5.40. The molecule has 0 aliphatic rings. The molecule has 0 unspecified atom stereocenters. The van der Waals surface area contributed by atoms with Crippen molar-refractivity contribution in [1.82, 2.24) is 15.0 Å². The first-order chi connectivity index (χ1) is 10.0. The zero-order chi connectivity index (χ0) is 15.4. The molecule has 8 heteroatoms. The Hall–Kier alpha value is -1.47. The molecule has 2 aromatic rings. The maximum absolute atomic E-state index is 13.3. The normalized spacial score (nSPS) is 10.5. The molecule has 1 aromatic heterocycles. The van der Waals surface area contributed by atoms with Gasteiger partial charge in [0, 0.05) is 23.6 Å². The molecule has 0 amide bonds. The quantitative estimate of drug-likeness (QED) is 0.788. The van der Waals surface area contributed by atoms with E-state index in [1.54, 1.807) is 6.07 Å². The summed E-state index contributed by atoms with van der Waals surface area (Å²) in [5.41, 5.74) is 0. The van der Waals surface area contributed by atoms with Crippen LogP contribution in [0.2, 0.25) is 5.28 Å². The minimum atomic E-state index is -0.427. The summed E-state index contributed by atoms with van der Waals surface area (Å²) >= 11 is 9.08. The number of nitrogens with zero attached hydrogens (tertiary/aromatic N) is 4. The average Bonchev–Trinajstić information content (AvgIpc) is 2.38. The Morgan fingerprint density at radius 1 is 1.19 bits per heavy atom. The smallest absolute Gasteiger partial charge is 0.328 e. The largest absolute Gasteiger partial charge is 0.424 e. The highest BCUT2D eigenvalue weighted by Gasteiger charge is 2.12. The van der Waals surface area contributed by atoms with Gasteiger partial charge in [0.15, 0.2) is 0 Å². The van der Waals surface area contributed by atoms with Gasteiger partial charge in [0.25, 0.3) is 0 Å². The van der Waals surface area contributed by atoms with Gasteiger partial charge in [0.2, 0.25) is 11.2 Å². The number of aromatic nitrogens is 3. The molecule has 0 aliphatic heterocycles. The second-order valence-electron chi connectivity index (χ2n) is 4.07. The van der Waals surface area contributed by atoms with E-state index < -0.39 is 5.82 Å². The van der Waals surface area contributed by atoms with Crippen LogP contribution in [0.15, 0.2) is 22.7 Å². The fourth-order valence-electron chi connectivity index (χ4n) is 1.71. The van der Waals surface area contributed by atoms with Gasteiger partial charge in [-0.15, -0.1) is 0 Å². The van der Waals surface area contributed by atoms with Crippen molar-refractivity contribution >= 4 is 33.5 Å². The standard InChI is InChI=1S/C13H13BrClFN4O/c1-3-20(4-2)12-17-11(15)18-13(19-12)21-10-6-8(14)5-9(16)7-10/h5-7H,3-4H2,1-2H3. The van der Waals surface area contributed by atoms with Gasteiger partial charge in [-0.25, -0.2) is 4.39 Å². The van der Waals surface area contributed by atoms with Crippen LogP contribution in [0, 0.1) is 5.82 Å². The van der Waals surface area contributed by atoms with Crippen LogP contribution in [0.3, 0.4) is 0 Å². The predicted octanol–water partition coefficient (Wildman–Crippen LogP) is 4.07. The first-order valence-electron chi connectivity index (χ1n) is 6.32. The second kappa shape index (κ2) is 7.00. The third-order valence-electron chi connectivity index (χ3n) is 2.67. The molecule has 0 saturated carbocycles. The van der Waals surface area contributed by atoms with E-state index in [1.165, 1.54) is 12.1 Å². The second-order valence-corrected chi connectivity index (χ2v) is 5.32. The van der Waals surface area contributed by atoms with E-state index in [-0.39, 0.29) is 17.0 Å². The van der Waals surface area contributed by atoms with E-state index in [9.17, 15) is 4.39 Å². The van der Waals surface area contributed by atoms with Crippen LogP contribution in [-0.2, 0) is 0 Å². The zero-order valence-corrected chi connectivity index (χ0v) is 13.8. The van der Waals surface area contributed by atoms with Gasteiger partial charge in [0.1, 0.15) is 11.6 Å². The number of hydrogen-bond acceptors (Lipinski definition) is 5. The molecule has 0 radical (unpaired) electrons. The molecule has 1 heterocycles. The van der Waals surface area contributed by atoms with E-state index in [4.69, 9.17) is 16.3 Å². The van der Waals surface area contributed by atoms with Crippen molar-refractivity contribution in [1.29, 1.82) is 0 Å². The lowest BCUT2D eigenvalue weighted by atomic mass is 10.3. The molecule has 0 aliphatic carbocycles. The summed E-state index contributed by atoms with van der Waals surface area (Å²) in [5, 5.41) is 0.0253. The summed E-state index contributed by atoms with van der Waals surface area (Å²) in [5.74, 6) is 0.267. The molecule has 0 spiro atoms. The number of halogens is 3. The Kier molecular flexibility index (Phi) is 5.30. The van der Waals surface area contributed by atoms with Crippen LogP contribution < -0.4 is 9.64 Å². The molecule has 0 fully saturated rings. The van der Waals surface area contributed by atoms with Crippen molar-refractivity contribution in [2.45, 2.75) is 13.8 Å². The zero-order valence-electron chi connectivity index (χ0n) is 11.5. The molecule has 112 valence electrons. The fourth-order valence-corrected chi connectivity index (χ4v) is 2.30. The van der Waals surface area contributed by atoms with Crippen molar-refractivity contribution in [3.63, 3.8) is 0 Å². The lowest BCUT2D eigenvalue weighted by molar-refractivity contribution is 0.435. The van der Waals surface area contributed by atoms with Crippen LogP contribution in [0.1, 0.15) is 13.8 Å². The maximum Gasteiger partial charge on any atom is 0.328 e. The van der Waals surface area contributed by atoms with Crippen molar-refractivity contribution in [2.24, 2.45) is 0 Å². The summed E-state index contributed by atoms with van der Waals surface area (Å²) < 4.78 is 19.3. The molecular formula is C13H13BrClFN4O. The van der Waals surface area contributed by atoms with Gasteiger partial charge >= 0.3 is 6.01 Å². The average molecular weight is 376 g/mol. The lowest BCUT2D eigenvalue weighted by Crippen LogP contribution is -2.24. The first kappa shape index (κ1) is 15.9. The summed E-state index contributed by atoms with van der Waals surface area (Å²) in [6.07, 6.45) is 0. The van der Waals surface area contributed by atoms with E-state index in [0.29, 0.717) is 10.4 Å². The third kappa shape index (κ3) is 4.25. The fraction of sp³-hybridized carbons (Fsp3) is 0.308. The first-order valence-corrected chi connectivity index (χ1v) is 7.49. The molecule has 1 aromatic carbocycles. The Morgan fingerprint density at radius 3 is 2.52 bits per heavy atom. The highest BCUT2D eigenvalue weighted by molar-refractivity contribution is 9.10. The minimum Gasteiger partial charge on any atom is -0.424 e. The molecule has 0 saturated heterocycles. The van der Waals surface area contributed by atoms with Gasteiger partial charge in [-0.05, 0) is 37.6 Å². The molecule has 5 nitrogen and oxygen atoms in total. The monoisotopic (exact) mass is 374 g/mol. The molecule has 0 atom stereocenters. The van der Waals surface area contributed by atoms with Crippen molar-refractivity contribution in [3.05, 3.63) is 33.8 Å². The predicted molar refractivity (Wildman–Crippen MR) is 82.6 cm³/mol. The Morgan fingerprint density at radius 2 is 1.90 bits per heavy atom. The van der Waals surface area contributed by atoms with Crippen LogP contribution in [0.25, 0.3) is 0 Å². The van der Waals surface area contributed by atoms with Gasteiger partial charge in [0.05, 0.1) is 0 Å². The molecule has 21 heavy (non-hydrogen) atoms. The number of hydrogen-bond donors (Lipinski definition) is 0. The molecule has 0 bridgehead atoms. The molecular weight excluding hydrogens is 363 g/mol. The maximum atomic E-state index is 13.3. The number of rotatable bonds is 5. The minimum absolute atomic E-state index is 0.0226. The number of benzene rings is 1. The van der Waals surface area contributed by atoms with Gasteiger partial charge in [-0.1, -0.05) is 15.9 Å². The third-order valence-corrected chi connectivity index (χ3v) is 3.29. The Labute approximate surface area is 135 Å². The Balaban J connectivity index is 2.31. The van der Waals surface area contributed by atoms with E-state index in [2.05, 4.69) is 30.9 Å². The topological polar surface area (TPSA) is 51.1 Å². The van der Waals surface area contributed by atoms with Crippen molar-refractivity contribution < 1.29 is 9.13 Å².